The van der Waals surface area contributed by atoms with Crippen LogP contribution >= 0.6 is 0 Å². The SMILES string of the molecule is CCC(C)C(N)C(=O)NCc1ccc(OCC2CC2)nc1. The number of ether oxygens (including phenoxy) is 1. The lowest BCUT2D eigenvalue weighted by molar-refractivity contribution is -0.123. The van der Waals surface area contributed by atoms with Gasteiger partial charge in [0.15, 0.2) is 0 Å². The number of hydrogen-bond acceptors (Lipinski definition) is 4. The Morgan fingerprint density at radius 2 is 2.29 bits per heavy atom. The van der Waals surface area contributed by atoms with Crippen molar-refractivity contribution in [2.45, 2.75) is 45.7 Å². The summed E-state index contributed by atoms with van der Waals surface area (Å²) in [6.07, 6.45) is 5.15. The fourth-order valence-corrected chi connectivity index (χ4v) is 1.91. The third-order valence-corrected chi connectivity index (χ3v) is 3.99. The van der Waals surface area contributed by atoms with E-state index in [0.29, 0.717) is 18.3 Å². The van der Waals surface area contributed by atoms with Gasteiger partial charge in [-0.3, -0.25) is 4.79 Å². The van der Waals surface area contributed by atoms with Gasteiger partial charge >= 0.3 is 0 Å². The van der Waals surface area contributed by atoms with Crippen LogP contribution in [0.1, 0.15) is 38.7 Å². The third kappa shape index (κ3) is 5.01. The number of carbonyl (C=O) groups is 1. The van der Waals surface area contributed by atoms with Gasteiger partial charge in [0.1, 0.15) is 0 Å². The molecule has 0 aromatic carbocycles. The summed E-state index contributed by atoms with van der Waals surface area (Å²) in [5, 5.41) is 2.85. The second-order valence-corrected chi connectivity index (χ2v) is 5.89. The first-order valence-corrected chi connectivity index (χ1v) is 7.71. The maximum Gasteiger partial charge on any atom is 0.237 e. The van der Waals surface area contributed by atoms with E-state index in [0.717, 1.165) is 18.6 Å². The van der Waals surface area contributed by atoms with Crippen molar-refractivity contribution >= 4 is 5.91 Å². The summed E-state index contributed by atoms with van der Waals surface area (Å²) >= 11 is 0. The molecule has 1 saturated carbocycles. The Morgan fingerprint density at radius 3 is 2.86 bits per heavy atom. The molecule has 1 fully saturated rings. The number of nitrogens with zero attached hydrogens (tertiary/aromatic N) is 1. The van der Waals surface area contributed by atoms with Gasteiger partial charge in [-0.15, -0.1) is 0 Å². The van der Waals surface area contributed by atoms with E-state index in [-0.39, 0.29) is 11.8 Å². The second-order valence-electron chi connectivity index (χ2n) is 5.89. The standard InChI is InChI=1S/C16H25N3O2/c1-3-11(2)15(17)16(20)19-9-13-6-7-14(18-8-13)21-10-12-4-5-12/h6-8,11-12,15H,3-5,9-10,17H2,1-2H3,(H,19,20). The minimum Gasteiger partial charge on any atom is -0.477 e. The van der Waals surface area contributed by atoms with Crippen LogP contribution in [0.5, 0.6) is 5.88 Å². The van der Waals surface area contributed by atoms with Crippen molar-refractivity contribution in [2.75, 3.05) is 6.61 Å². The lowest BCUT2D eigenvalue weighted by Gasteiger charge is -2.17. The monoisotopic (exact) mass is 291 g/mol. The van der Waals surface area contributed by atoms with Gasteiger partial charge in [0.2, 0.25) is 11.8 Å². The number of hydrogen-bond donors (Lipinski definition) is 2. The summed E-state index contributed by atoms with van der Waals surface area (Å²) in [7, 11) is 0. The van der Waals surface area contributed by atoms with Crippen molar-refractivity contribution in [1.82, 2.24) is 10.3 Å². The summed E-state index contributed by atoms with van der Waals surface area (Å²) in [6.45, 7) is 5.21. The molecule has 0 bridgehead atoms. The molecule has 1 aromatic heterocycles. The van der Waals surface area contributed by atoms with Crippen molar-refractivity contribution < 1.29 is 9.53 Å². The zero-order valence-electron chi connectivity index (χ0n) is 12.8. The Hall–Kier alpha value is -1.62. The Morgan fingerprint density at radius 1 is 1.52 bits per heavy atom. The average molecular weight is 291 g/mol. The summed E-state index contributed by atoms with van der Waals surface area (Å²) < 4.78 is 5.58. The lowest BCUT2D eigenvalue weighted by Crippen LogP contribution is -2.44. The van der Waals surface area contributed by atoms with Gasteiger partial charge in [0, 0.05) is 18.8 Å². The second kappa shape index (κ2) is 7.41. The molecule has 0 radical (unpaired) electrons. The van der Waals surface area contributed by atoms with E-state index < -0.39 is 6.04 Å². The van der Waals surface area contributed by atoms with Gasteiger partial charge in [-0.25, -0.2) is 4.98 Å². The quantitative estimate of drug-likeness (QED) is 0.766. The van der Waals surface area contributed by atoms with Gasteiger partial charge < -0.3 is 15.8 Å². The average Bonchev–Trinajstić information content (AvgIpc) is 3.34. The zero-order valence-corrected chi connectivity index (χ0v) is 12.8. The maximum atomic E-state index is 11.9. The molecular formula is C16H25N3O2. The van der Waals surface area contributed by atoms with Crippen LogP contribution in [-0.2, 0) is 11.3 Å². The predicted octanol–water partition coefficient (Wildman–Crippen LogP) is 1.86. The highest BCUT2D eigenvalue weighted by Gasteiger charge is 2.22. The van der Waals surface area contributed by atoms with Crippen molar-refractivity contribution in [3.8, 4) is 5.88 Å². The Kier molecular flexibility index (Phi) is 5.56. The fourth-order valence-electron chi connectivity index (χ4n) is 1.91. The smallest absolute Gasteiger partial charge is 0.237 e. The first-order chi connectivity index (χ1) is 10.1. The third-order valence-electron chi connectivity index (χ3n) is 3.99. The van der Waals surface area contributed by atoms with Gasteiger partial charge in [-0.1, -0.05) is 26.3 Å². The molecule has 116 valence electrons. The highest BCUT2D eigenvalue weighted by Crippen LogP contribution is 2.29. The van der Waals surface area contributed by atoms with Crippen LogP contribution < -0.4 is 15.8 Å². The highest BCUT2D eigenvalue weighted by molar-refractivity contribution is 5.81. The number of carbonyl (C=O) groups excluding carboxylic acids is 1. The maximum absolute atomic E-state index is 11.9. The van der Waals surface area contributed by atoms with E-state index in [9.17, 15) is 4.79 Å². The Labute approximate surface area is 126 Å². The fraction of sp³-hybridized carbons (Fsp3) is 0.625. The van der Waals surface area contributed by atoms with Crippen LogP contribution in [0, 0.1) is 11.8 Å². The molecule has 0 aliphatic heterocycles. The molecule has 0 spiro atoms. The van der Waals surface area contributed by atoms with Crippen LogP contribution in [0.3, 0.4) is 0 Å². The van der Waals surface area contributed by atoms with E-state index >= 15 is 0 Å². The molecule has 2 atom stereocenters. The van der Waals surface area contributed by atoms with Crippen LogP contribution in [-0.4, -0.2) is 23.5 Å². The molecule has 5 nitrogen and oxygen atoms in total. The van der Waals surface area contributed by atoms with E-state index in [1.165, 1.54) is 12.8 Å². The zero-order chi connectivity index (χ0) is 15.2. The Balaban J connectivity index is 1.75. The van der Waals surface area contributed by atoms with E-state index in [2.05, 4.69) is 10.3 Å². The molecule has 21 heavy (non-hydrogen) atoms. The molecule has 1 aliphatic carbocycles. The van der Waals surface area contributed by atoms with E-state index in [4.69, 9.17) is 10.5 Å². The summed E-state index contributed by atoms with van der Waals surface area (Å²) in [5.41, 5.74) is 6.83. The van der Waals surface area contributed by atoms with Crippen molar-refractivity contribution in [3.05, 3.63) is 23.9 Å². The molecule has 1 amide bonds. The normalized spacial score (nSPS) is 17.1. The topological polar surface area (TPSA) is 77.2 Å². The molecule has 2 unspecified atom stereocenters. The number of rotatable bonds is 8. The predicted molar refractivity (Wildman–Crippen MR) is 81.7 cm³/mol. The van der Waals surface area contributed by atoms with Crippen LogP contribution in [0.25, 0.3) is 0 Å². The summed E-state index contributed by atoms with van der Waals surface area (Å²) in [5.74, 6) is 1.43. The van der Waals surface area contributed by atoms with Gasteiger partial charge in [0.05, 0.1) is 12.6 Å². The summed E-state index contributed by atoms with van der Waals surface area (Å²) in [4.78, 5) is 16.1. The minimum atomic E-state index is -0.455. The minimum absolute atomic E-state index is 0.113. The number of pyridine rings is 1. The molecule has 5 heteroatoms. The largest absolute Gasteiger partial charge is 0.477 e. The molecule has 1 aromatic rings. The number of aromatic nitrogens is 1. The number of amides is 1. The van der Waals surface area contributed by atoms with E-state index in [1.54, 1.807) is 6.20 Å². The van der Waals surface area contributed by atoms with Crippen molar-refractivity contribution in [3.63, 3.8) is 0 Å². The summed E-state index contributed by atoms with van der Waals surface area (Å²) in [6, 6.07) is 3.31. The van der Waals surface area contributed by atoms with Crippen LogP contribution in [0.4, 0.5) is 0 Å². The molecule has 1 heterocycles. The highest BCUT2D eigenvalue weighted by atomic mass is 16.5. The number of nitrogens with one attached hydrogen (secondary N) is 1. The Bertz CT molecular complexity index is 457. The molecule has 2 rings (SSSR count). The van der Waals surface area contributed by atoms with Crippen molar-refractivity contribution in [2.24, 2.45) is 17.6 Å². The van der Waals surface area contributed by atoms with Crippen molar-refractivity contribution in [1.29, 1.82) is 0 Å². The van der Waals surface area contributed by atoms with Gasteiger partial charge in [-0.05, 0) is 30.2 Å². The van der Waals surface area contributed by atoms with Crippen LogP contribution in [0.15, 0.2) is 18.3 Å². The van der Waals surface area contributed by atoms with Gasteiger partial charge in [-0.2, -0.15) is 0 Å². The molecule has 1 aliphatic rings. The van der Waals surface area contributed by atoms with Gasteiger partial charge in [0.25, 0.3) is 0 Å². The molecule has 3 N–H and O–H groups in total. The van der Waals surface area contributed by atoms with Crippen LogP contribution in [0.2, 0.25) is 0 Å². The van der Waals surface area contributed by atoms with E-state index in [1.807, 2.05) is 26.0 Å². The number of nitrogens with two attached hydrogens (primary N) is 1. The first kappa shape index (κ1) is 15.8. The first-order valence-electron chi connectivity index (χ1n) is 7.71. The molecular weight excluding hydrogens is 266 g/mol. The molecule has 0 saturated heterocycles. The lowest BCUT2D eigenvalue weighted by atomic mass is 9.99.